The van der Waals surface area contributed by atoms with E-state index in [1.807, 2.05) is 0 Å². The van der Waals surface area contributed by atoms with E-state index in [9.17, 15) is 0 Å². The minimum atomic E-state index is 0.857. The monoisotopic (exact) mass is 252 g/mol. The smallest absolute Gasteiger partial charge is 0.0213 e. The van der Waals surface area contributed by atoms with E-state index in [2.05, 4.69) is 25.5 Å². The fourth-order valence-electron chi connectivity index (χ4n) is 1.43. The molecule has 2 aliphatic heterocycles. The largest absolute Gasteiger partial charge is 0.317 e. The first-order valence-electron chi connectivity index (χ1n) is 4.75. The number of nitrogens with one attached hydrogen (secondary N) is 1. The highest BCUT2D eigenvalue weighted by molar-refractivity contribution is 9.36. The van der Waals surface area contributed by atoms with Crippen molar-refractivity contribution in [1.29, 1.82) is 0 Å². The number of rotatable bonds is 1. The van der Waals surface area contributed by atoms with Crippen LogP contribution in [-0.2, 0) is 0 Å². The average Bonchev–Trinajstić information content (AvgIpc) is 2.81. The second kappa shape index (κ2) is 7.25. The SMILES string of the molecule is BrPN1CCCC1.C1CCNC1. The molecule has 1 atom stereocenters. The van der Waals surface area contributed by atoms with Crippen molar-refractivity contribution >= 4 is 22.9 Å². The fourth-order valence-corrected chi connectivity index (χ4v) is 2.98. The van der Waals surface area contributed by atoms with Crippen molar-refractivity contribution in [3.63, 3.8) is 0 Å². The quantitative estimate of drug-likeness (QED) is 0.721. The van der Waals surface area contributed by atoms with E-state index in [4.69, 9.17) is 0 Å². The summed E-state index contributed by atoms with van der Waals surface area (Å²) in [4.78, 5) is 0. The van der Waals surface area contributed by atoms with Crippen LogP contribution >= 0.6 is 22.9 Å². The van der Waals surface area contributed by atoms with Gasteiger partial charge in [0.25, 0.3) is 0 Å². The molecule has 0 amide bonds. The first-order chi connectivity index (χ1) is 5.93. The Kier molecular flexibility index (Phi) is 6.59. The van der Waals surface area contributed by atoms with Gasteiger partial charge in [0.05, 0.1) is 0 Å². The molecule has 2 rings (SSSR count). The first-order valence-corrected chi connectivity index (χ1v) is 7.96. The maximum Gasteiger partial charge on any atom is 0.0213 e. The van der Waals surface area contributed by atoms with Gasteiger partial charge < -0.3 is 5.32 Å². The van der Waals surface area contributed by atoms with Crippen LogP contribution in [-0.4, -0.2) is 30.8 Å². The molecular weight excluding hydrogens is 235 g/mol. The van der Waals surface area contributed by atoms with Crippen molar-refractivity contribution in [3.05, 3.63) is 0 Å². The van der Waals surface area contributed by atoms with E-state index in [1.54, 1.807) is 0 Å². The summed E-state index contributed by atoms with van der Waals surface area (Å²) in [5.41, 5.74) is 0. The second-order valence-corrected chi connectivity index (χ2v) is 5.10. The van der Waals surface area contributed by atoms with Crippen molar-refractivity contribution < 1.29 is 0 Å². The molecule has 0 radical (unpaired) electrons. The van der Waals surface area contributed by atoms with Crippen LogP contribution in [0.25, 0.3) is 0 Å². The van der Waals surface area contributed by atoms with Gasteiger partial charge in [0, 0.05) is 20.5 Å². The van der Waals surface area contributed by atoms with Crippen LogP contribution in [0, 0.1) is 0 Å². The summed E-state index contributed by atoms with van der Waals surface area (Å²) >= 11 is 3.43. The molecule has 0 aromatic carbocycles. The van der Waals surface area contributed by atoms with Gasteiger partial charge in [0.2, 0.25) is 0 Å². The lowest BCUT2D eigenvalue weighted by Crippen LogP contribution is -2.03. The summed E-state index contributed by atoms with van der Waals surface area (Å²) in [7, 11) is 0.857. The zero-order chi connectivity index (χ0) is 8.65. The third kappa shape index (κ3) is 4.76. The predicted octanol–water partition coefficient (Wildman–Crippen LogP) is 2.36. The molecule has 2 fully saturated rings. The maximum atomic E-state index is 3.43. The molecule has 0 aliphatic carbocycles. The number of hydrogen-bond donors (Lipinski definition) is 1. The van der Waals surface area contributed by atoms with Gasteiger partial charge in [-0.2, -0.15) is 0 Å². The van der Waals surface area contributed by atoms with E-state index >= 15 is 0 Å². The Morgan fingerprint density at radius 2 is 1.58 bits per heavy atom. The van der Waals surface area contributed by atoms with E-state index in [-0.39, 0.29) is 0 Å². The van der Waals surface area contributed by atoms with E-state index in [1.165, 1.54) is 51.9 Å². The normalized spacial score (nSPS) is 24.8. The lowest BCUT2D eigenvalue weighted by atomic mass is 10.4. The van der Waals surface area contributed by atoms with Gasteiger partial charge in [-0.05, 0) is 54.3 Å². The van der Waals surface area contributed by atoms with E-state index < -0.39 is 0 Å². The molecule has 0 aromatic heterocycles. The van der Waals surface area contributed by atoms with Crippen LogP contribution < -0.4 is 5.32 Å². The third-order valence-electron chi connectivity index (χ3n) is 2.18. The minimum absolute atomic E-state index is 0.857. The summed E-state index contributed by atoms with van der Waals surface area (Å²) in [6.07, 6.45) is 5.58. The van der Waals surface area contributed by atoms with Crippen LogP contribution in [0.3, 0.4) is 0 Å². The van der Waals surface area contributed by atoms with Gasteiger partial charge in [0.15, 0.2) is 0 Å². The second-order valence-electron chi connectivity index (χ2n) is 3.24. The van der Waals surface area contributed by atoms with Gasteiger partial charge in [-0.3, -0.25) is 4.67 Å². The summed E-state index contributed by atoms with van der Waals surface area (Å²) in [5.74, 6) is 0. The number of hydrogen-bond acceptors (Lipinski definition) is 2. The Hall–Kier alpha value is 0.830. The first kappa shape index (κ1) is 10.9. The van der Waals surface area contributed by atoms with Gasteiger partial charge in [-0.25, -0.2) is 0 Å². The fraction of sp³-hybridized carbons (Fsp3) is 1.00. The zero-order valence-corrected chi connectivity index (χ0v) is 10.1. The van der Waals surface area contributed by atoms with Crippen molar-refractivity contribution in [2.24, 2.45) is 0 Å². The molecule has 12 heavy (non-hydrogen) atoms. The Morgan fingerprint density at radius 3 is 1.83 bits per heavy atom. The Morgan fingerprint density at radius 1 is 1.00 bits per heavy atom. The van der Waals surface area contributed by atoms with Gasteiger partial charge in [0.1, 0.15) is 0 Å². The summed E-state index contributed by atoms with van der Waals surface area (Å²) in [6.45, 7) is 5.12. The molecular formula is C8H18BrN2P. The molecule has 4 heteroatoms. The number of nitrogens with zero attached hydrogens (tertiary/aromatic N) is 1. The Labute approximate surface area is 85.0 Å². The lowest BCUT2D eigenvalue weighted by Gasteiger charge is -2.06. The molecule has 2 heterocycles. The van der Waals surface area contributed by atoms with Crippen LogP contribution in [0.5, 0.6) is 0 Å². The standard InChI is InChI=1S/C4H9BrNP.C4H9N/c5-7-6-3-1-2-4-6;1-2-4-5-3-1/h7H,1-4H2;5H,1-4H2. The molecule has 72 valence electrons. The van der Waals surface area contributed by atoms with Crippen LogP contribution in [0.1, 0.15) is 25.7 Å². The molecule has 2 aliphatic rings. The molecule has 0 saturated carbocycles. The lowest BCUT2D eigenvalue weighted by molar-refractivity contribution is 0.584. The molecule has 2 saturated heterocycles. The van der Waals surface area contributed by atoms with E-state index in [0.717, 1.165) is 7.43 Å². The van der Waals surface area contributed by atoms with Crippen LogP contribution in [0.15, 0.2) is 0 Å². The average molecular weight is 253 g/mol. The summed E-state index contributed by atoms with van der Waals surface area (Å²) in [5, 5.41) is 3.22. The van der Waals surface area contributed by atoms with Gasteiger partial charge in [-0.1, -0.05) is 0 Å². The molecule has 0 spiro atoms. The molecule has 2 nitrogen and oxygen atoms in total. The summed E-state index contributed by atoms with van der Waals surface area (Å²) in [6, 6.07) is 0. The van der Waals surface area contributed by atoms with E-state index in [0.29, 0.717) is 0 Å². The molecule has 0 aromatic rings. The van der Waals surface area contributed by atoms with Crippen molar-refractivity contribution in [2.45, 2.75) is 25.7 Å². The topological polar surface area (TPSA) is 15.3 Å². The van der Waals surface area contributed by atoms with Gasteiger partial charge >= 0.3 is 0 Å². The van der Waals surface area contributed by atoms with Crippen molar-refractivity contribution in [3.8, 4) is 0 Å². The maximum absolute atomic E-state index is 3.43. The van der Waals surface area contributed by atoms with Crippen molar-refractivity contribution in [2.75, 3.05) is 26.2 Å². The molecule has 0 bridgehead atoms. The zero-order valence-electron chi connectivity index (χ0n) is 7.48. The Bertz CT molecular complexity index is 95.6. The van der Waals surface area contributed by atoms with Crippen LogP contribution in [0.4, 0.5) is 0 Å². The highest BCUT2D eigenvalue weighted by Crippen LogP contribution is 2.29. The van der Waals surface area contributed by atoms with Crippen molar-refractivity contribution in [1.82, 2.24) is 9.99 Å². The molecule has 1 N–H and O–H groups in total. The van der Waals surface area contributed by atoms with Crippen LogP contribution in [0.2, 0.25) is 0 Å². The minimum Gasteiger partial charge on any atom is -0.317 e. The summed E-state index contributed by atoms with van der Waals surface area (Å²) < 4.78 is 2.43. The van der Waals surface area contributed by atoms with Gasteiger partial charge in [-0.15, -0.1) is 0 Å². The third-order valence-corrected chi connectivity index (χ3v) is 4.37. The number of halogens is 1. The molecule has 1 unspecified atom stereocenters. The Balaban J connectivity index is 0.000000127. The highest BCUT2D eigenvalue weighted by atomic mass is 79.9. The highest BCUT2D eigenvalue weighted by Gasteiger charge is 2.07. The predicted molar refractivity (Wildman–Crippen MR) is 60.2 cm³/mol.